The van der Waals surface area contributed by atoms with Gasteiger partial charge in [0.15, 0.2) is 0 Å². The molecule has 17 heavy (non-hydrogen) atoms. The summed E-state index contributed by atoms with van der Waals surface area (Å²) in [6.45, 7) is 0.855. The quantitative estimate of drug-likeness (QED) is 0.364. The first kappa shape index (κ1) is 12.1. The smallest absolute Gasteiger partial charge is 0.119 e. The molecule has 1 aromatic rings. The van der Waals surface area contributed by atoms with Gasteiger partial charge in [0.25, 0.3) is 0 Å². The van der Waals surface area contributed by atoms with Crippen LogP contribution in [-0.4, -0.2) is 18.5 Å². The third-order valence-corrected chi connectivity index (χ3v) is 2.88. The van der Waals surface area contributed by atoms with Crippen molar-refractivity contribution in [3.05, 3.63) is 30.3 Å². The number of hydrazine groups is 1. The SMILES string of the molecule is NNC(CC1CCCCO1)=Nc1ccccc1. The average molecular weight is 233 g/mol. The molecule has 1 aliphatic rings. The third-order valence-electron chi connectivity index (χ3n) is 2.88. The van der Waals surface area contributed by atoms with Crippen molar-refractivity contribution in [2.24, 2.45) is 10.8 Å². The molecule has 3 N–H and O–H groups in total. The Morgan fingerprint density at radius 3 is 2.82 bits per heavy atom. The molecule has 1 atom stereocenters. The fraction of sp³-hybridized carbons (Fsp3) is 0.462. The predicted octanol–water partition coefficient (Wildman–Crippen LogP) is 2.14. The van der Waals surface area contributed by atoms with Crippen LogP contribution in [-0.2, 0) is 4.74 Å². The van der Waals surface area contributed by atoms with Crippen LogP contribution in [0.15, 0.2) is 35.3 Å². The summed E-state index contributed by atoms with van der Waals surface area (Å²) in [5, 5.41) is 0. The van der Waals surface area contributed by atoms with Gasteiger partial charge in [0.2, 0.25) is 0 Å². The summed E-state index contributed by atoms with van der Waals surface area (Å²) >= 11 is 0. The Labute approximate surface area is 102 Å². The van der Waals surface area contributed by atoms with Gasteiger partial charge in [-0.1, -0.05) is 18.2 Å². The summed E-state index contributed by atoms with van der Waals surface area (Å²) in [6.07, 6.45) is 4.49. The van der Waals surface area contributed by atoms with E-state index in [0.717, 1.165) is 37.4 Å². The second-order valence-electron chi connectivity index (χ2n) is 4.23. The van der Waals surface area contributed by atoms with Crippen LogP contribution >= 0.6 is 0 Å². The van der Waals surface area contributed by atoms with Gasteiger partial charge >= 0.3 is 0 Å². The number of amidine groups is 1. The highest BCUT2D eigenvalue weighted by atomic mass is 16.5. The summed E-state index contributed by atoms with van der Waals surface area (Å²) in [4.78, 5) is 4.47. The number of hydrogen-bond acceptors (Lipinski definition) is 3. The molecule has 0 saturated carbocycles. The molecular formula is C13H19N3O. The van der Waals surface area contributed by atoms with Crippen LogP contribution in [0.2, 0.25) is 0 Å². The fourth-order valence-corrected chi connectivity index (χ4v) is 1.98. The van der Waals surface area contributed by atoms with Crippen molar-refractivity contribution in [3.8, 4) is 0 Å². The molecule has 0 spiro atoms. The zero-order valence-corrected chi connectivity index (χ0v) is 9.93. The van der Waals surface area contributed by atoms with Gasteiger partial charge in [-0.25, -0.2) is 10.8 Å². The number of aliphatic imine (C=N–C) groups is 1. The summed E-state index contributed by atoms with van der Waals surface area (Å²) in [6, 6.07) is 9.81. The van der Waals surface area contributed by atoms with E-state index in [-0.39, 0.29) is 6.10 Å². The number of hydrogen-bond donors (Lipinski definition) is 2. The standard InChI is InChI=1S/C13H19N3O/c14-16-13(10-12-8-4-5-9-17-12)15-11-6-2-1-3-7-11/h1-3,6-7,12H,4-5,8-10,14H2,(H,15,16). The van der Waals surface area contributed by atoms with Gasteiger partial charge in [0.05, 0.1) is 11.8 Å². The first-order valence-corrected chi connectivity index (χ1v) is 6.09. The highest BCUT2D eigenvalue weighted by Crippen LogP contribution is 2.17. The van der Waals surface area contributed by atoms with Crippen LogP contribution < -0.4 is 11.3 Å². The minimum absolute atomic E-state index is 0.252. The zero-order chi connectivity index (χ0) is 11.9. The monoisotopic (exact) mass is 233 g/mol. The van der Waals surface area contributed by atoms with E-state index < -0.39 is 0 Å². The number of nitrogens with zero attached hydrogens (tertiary/aromatic N) is 1. The van der Waals surface area contributed by atoms with E-state index in [2.05, 4.69) is 10.4 Å². The molecular weight excluding hydrogens is 214 g/mol. The van der Waals surface area contributed by atoms with Crippen molar-refractivity contribution in [3.63, 3.8) is 0 Å². The lowest BCUT2D eigenvalue weighted by Gasteiger charge is -2.22. The molecule has 1 aliphatic heterocycles. The molecule has 1 aromatic carbocycles. The van der Waals surface area contributed by atoms with Gasteiger partial charge in [0.1, 0.15) is 5.84 Å². The van der Waals surface area contributed by atoms with Gasteiger partial charge in [-0.2, -0.15) is 0 Å². The van der Waals surface area contributed by atoms with Crippen molar-refractivity contribution in [2.45, 2.75) is 31.8 Å². The highest BCUT2D eigenvalue weighted by molar-refractivity contribution is 5.84. The first-order chi connectivity index (χ1) is 8.38. The number of nitrogens with two attached hydrogens (primary N) is 1. The Morgan fingerprint density at radius 1 is 1.35 bits per heavy atom. The number of benzene rings is 1. The molecule has 1 saturated heterocycles. The van der Waals surface area contributed by atoms with Gasteiger partial charge in [0, 0.05) is 13.0 Å². The van der Waals surface area contributed by atoms with Crippen molar-refractivity contribution in [2.75, 3.05) is 6.61 Å². The molecule has 0 aliphatic carbocycles. The Hall–Kier alpha value is -1.39. The zero-order valence-electron chi connectivity index (χ0n) is 9.93. The minimum atomic E-state index is 0.252. The molecule has 1 unspecified atom stereocenters. The van der Waals surface area contributed by atoms with Crippen molar-refractivity contribution in [1.29, 1.82) is 0 Å². The molecule has 0 bridgehead atoms. The van der Waals surface area contributed by atoms with E-state index in [0.29, 0.717) is 0 Å². The van der Waals surface area contributed by atoms with Gasteiger partial charge in [-0.3, -0.25) is 0 Å². The summed E-state index contributed by atoms with van der Waals surface area (Å²) in [5.41, 5.74) is 3.58. The van der Waals surface area contributed by atoms with E-state index in [1.807, 2.05) is 30.3 Å². The predicted molar refractivity (Wildman–Crippen MR) is 69.1 cm³/mol. The lowest BCUT2D eigenvalue weighted by molar-refractivity contribution is 0.0207. The fourth-order valence-electron chi connectivity index (χ4n) is 1.98. The molecule has 0 aromatic heterocycles. The van der Waals surface area contributed by atoms with Crippen LogP contribution in [0, 0.1) is 0 Å². The van der Waals surface area contributed by atoms with Crippen LogP contribution in [0.1, 0.15) is 25.7 Å². The molecule has 0 amide bonds. The lowest BCUT2D eigenvalue weighted by Crippen LogP contribution is -2.34. The van der Waals surface area contributed by atoms with Crippen LogP contribution in [0.25, 0.3) is 0 Å². The maximum absolute atomic E-state index is 5.67. The van der Waals surface area contributed by atoms with E-state index in [1.54, 1.807) is 0 Å². The van der Waals surface area contributed by atoms with E-state index in [9.17, 15) is 0 Å². The number of para-hydroxylation sites is 1. The number of rotatable bonds is 3. The van der Waals surface area contributed by atoms with Crippen LogP contribution in [0.3, 0.4) is 0 Å². The lowest BCUT2D eigenvalue weighted by atomic mass is 10.1. The Balaban J connectivity index is 1.98. The summed E-state index contributed by atoms with van der Waals surface area (Å²) < 4.78 is 5.67. The van der Waals surface area contributed by atoms with Crippen molar-refractivity contribution >= 4 is 11.5 Å². The average Bonchev–Trinajstić information content (AvgIpc) is 2.40. The molecule has 1 heterocycles. The Bertz CT molecular complexity index is 358. The third kappa shape index (κ3) is 3.84. The highest BCUT2D eigenvalue weighted by Gasteiger charge is 2.15. The molecule has 1 fully saturated rings. The van der Waals surface area contributed by atoms with Crippen molar-refractivity contribution in [1.82, 2.24) is 5.43 Å². The van der Waals surface area contributed by atoms with Crippen LogP contribution in [0.4, 0.5) is 5.69 Å². The van der Waals surface area contributed by atoms with Gasteiger partial charge < -0.3 is 10.2 Å². The normalized spacial score (nSPS) is 21.2. The number of nitrogens with one attached hydrogen (secondary N) is 1. The van der Waals surface area contributed by atoms with Crippen LogP contribution in [0.5, 0.6) is 0 Å². The minimum Gasteiger partial charge on any atom is -0.378 e. The molecule has 4 nitrogen and oxygen atoms in total. The maximum atomic E-state index is 5.67. The number of ether oxygens (including phenoxy) is 1. The molecule has 92 valence electrons. The van der Waals surface area contributed by atoms with E-state index in [4.69, 9.17) is 10.6 Å². The second-order valence-corrected chi connectivity index (χ2v) is 4.23. The molecule has 2 rings (SSSR count). The van der Waals surface area contributed by atoms with Gasteiger partial charge in [-0.05, 0) is 31.4 Å². The van der Waals surface area contributed by atoms with E-state index in [1.165, 1.54) is 6.42 Å². The molecule has 4 heteroatoms. The maximum Gasteiger partial charge on any atom is 0.119 e. The van der Waals surface area contributed by atoms with Crippen molar-refractivity contribution < 1.29 is 4.74 Å². The van der Waals surface area contributed by atoms with E-state index >= 15 is 0 Å². The molecule has 0 radical (unpaired) electrons. The Morgan fingerprint density at radius 2 is 2.18 bits per heavy atom. The topological polar surface area (TPSA) is 59.6 Å². The largest absolute Gasteiger partial charge is 0.378 e. The summed E-state index contributed by atoms with van der Waals surface area (Å²) in [5.74, 6) is 6.28. The van der Waals surface area contributed by atoms with Gasteiger partial charge in [-0.15, -0.1) is 0 Å². The first-order valence-electron chi connectivity index (χ1n) is 6.09. The summed E-state index contributed by atoms with van der Waals surface area (Å²) in [7, 11) is 0. The second kappa shape index (κ2) is 6.37. The Kier molecular flexibility index (Phi) is 4.53.